The van der Waals surface area contributed by atoms with Crippen LogP contribution < -0.4 is 10.1 Å². The molecule has 0 bridgehead atoms. The van der Waals surface area contributed by atoms with E-state index in [2.05, 4.69) is 21.2 Å². The fourth-order valence-corrected chi connectivity index (χ4v) is 3.27. The van der Waals surface area contributed by atoms with Crippen LogP contribution in [-0.4, -0.2) is 29.2 Å². The molecule has 0 fully saturated rings. The van der Waals surface area contributed by atoms with Crippen LogP contribution in [0.25, 0.3) is 10.9 Å². The molecule has 2 aromatic carbocycles. The van der Waals surface area contributed by atoms with Crippen LogP contribution in [0.3, 0.4) is 0 Å². The number of rotatable bonds is 5. The summed E-state index contributed by atoms with van der Waals surface area (Å²) in [5.41, 5.74) is 2.30. The van der Waals surface area contributed by atoms with Gasteiger partial charge in [0.05, 0.1) is 18.8 Å². The first-order valence-electron chi connectivity index (χ1n) is 7.85. The molecule has 6 heteroatoms. The highest BCUT2D eigenvalue weighted by atomic mass is 79.9. The number of halogens is 1. The molecule has 130 valence electrons. The van der Waals surface area contributed by atoms with Crippen LogP contribution in [0.1, 0.15) is 22.0 Å². The van der Waals surface area contributed by atoms with Gasteiger partial charge in [-0.2, -0.15) is 0 Å². The predicted octanol–water partition coefficient (Wildman–Crippen LogP) is 3.41. The maximum absolute atomic E-state index is 12.4. The number of aryl methyl sites for hydroxylation is 1. The average molecular weight is 403 g/mol. The van der Waals surface area contributed by atoms with Gasteiger partial charge in [-0.05, 0) is 40.2 Å². The Morgan fingerprint density at radius 2 is 2.08 bits per heavy atom. The largest absolute Gasteiger partial charge is 0.497 e. The lowest BCUT2D eigenvalue weighted by Gasteiger charge is -2.13. The summed E-state index contributed by atoms with van der Waals surface area (Å²) >= 11 is 3.37. The van der Waals surface area contributed by atoms with Gasteiger partial charge in [-0.15, -0.1) is 0 Å². The Labute approximate surface area is 154 Å². The van der Waals surface area contributed by atoms with Crippen LogP contribution in [0.4, 0.5) is 0 Å². The number of ether oxygens (including phenoxy) is 1. The van der Waals surface area contributed by atoms with Crippen molar-refractivity contribution in [3.63, 3.8) is 0 Å². The summed E-state index contributed by atoms with van der Waals surface area (Å²) in [4.78, 5) is 12.4. The summed E-state index contributed by atoms with van der Waals surface area (Å²) in [7, 11) is 3.49. The minimum Gasteiger partial charge on any atom is -0.497 e. The fraction of sp³-hybridized carbons (Fsp3) is 0.211. The molecule has 0 aliphatic carbocycles. The molecule has 3 aromatic rings. The molecule has 1 unspecified atom stereocenters. The van der Waals surface area contributed by atoms with Gasteiger partial charge < -0.3 is 19.7 Å². The van der Waals surface area contributed by atoms with Crippen molar-refractivity contribution in [2.75, 3.05) is 13.7 Å². The second-order valence-electron chi connectivity index (χ2n) is 5.78. The number of amides is 1. The van der Waals surface area contributed by atoms with Crippen LogP contribution >= 0.6 is 15.9 Å². The quantitative estimate of drug-likeness (QED) is 0.687. The van der Waals surface area contributed by atoms with Gasteiger partial charge in [-0.3, -0.25) is 4.79 Å². The molecule has 1 atom stereocenters. The molecular formula is C19H19BrN2O3. The number of hydrogen-bond donors (Lipinski definition) is 2. The highest BCUT2D eigenvalue weighted by molar-refractivity contribution is 9.10. The van der Waals surface area contributed by atoms with Crippen molar-refractivity contribution in [1.29, 1.82) is 0 Å². The minimum absolute atomic E-state index is 0.122. The fourth-order valence-electron chi connectivity index (χ4n) is 2.84. The maximum Gasteiger partial charge on any atom is 0.252 e. The maximum atomic E-state index is 12.4. The lowest BCUT2D eigenvalue weighted by molar-refractivity contribution is 0.0916. The Bertz CT molecular complexity index is 920. The third-order valence-electron chi connectivity index (χ3n) is 4.16. The van der Waals surface area contributed by atoms with E-state index in [0.717, 1.165) is 16.5 Å². The molecule has 0 saturated carbocycles. The van der Waals surface area contributed by atoms with Crippen LogP contribution in [0.2, 0.25) is 0 Å². The van der Waals surface area contributed by atoms with Crippen LogP contribution in [0.15, 0.2) is 53.1 Å². The van der Waals surface area contributed by atoms with Gasteiger partial charge in [0, 0.05) is 40.7 Å². The second kappa shape index (κ2) is 7.29. The van der Waals surface area contributed by atoms with Gasteiger partial charge in [0.15, 0.2) is 0 Å². The lowest BCUT2D eigenvalue weighted by Crippen LogP contribution is -2.28. The smallest absolute Gasteiger partial charge is 0.252 e. The number of benzene rings is 2. The number of carbonyl (C=O) groups is 1. The highest BCUT2D eigenvalue weighted by Crippen LogP contribution is 2.26. The number of aliphatic hydroxyl groups excluding tert-OH is 1. The van der Waals surface area contributed by atoms with E-state index < -0.39 is 6.10 Å². The standard InChI is InChI=1S/C19H19BrN2O3/c1-22-11-15(13-5-3-4-6-17(13)22)18(23)10-21-19(24)14-9-12(25-2)7-8-16(14)20/h3-9,11,18,23H,10H2,1-2H3,(H,21,24). The van der Waals surface area contributed by atoms with Gasteiger partial charge >= 0.3 is 0 Å². The Kier molecular flexibility index (Phi) is 5.11. The van der Waals surface area contributed by atoms with Gasteiger partial charge in [0.2, 0.25) is 0 Å². The number of hydrogen-bond acceptors (Lipinski definition) is 3. The van der Waals surface area contributed by atoms with E-state index in [9.17, 15) is 9.90 Å². The third kappa shape index (κ3) is 3.55. The number of carbonyl (C=O) groups excluding carboxylic acids is 1. The number of nitrogens with zero attached hydrogens (tertiary/aromatic N) is 1. The summed E-state index contributed by atoms with van der Waals surface area (Å²) in [5, 5.41) is 14.3. The zero-order chi connectivity index (χ0) is 18.0. The zero-order valence-electron chi connectivity index (χ0n) is 14.0. The minimum atomic E-state index is -0.792. The summed E-state index contributed by atoms with van der Waals surface area (Å²) in [5.74, 6) is 0.327. The normalized spacial score (nSPS) is 12.2. The molecular weight excluding hydrogens is 384 g/mol. The number of methoxy groups -OCH3 is 1. The molecule has 0 saturated heterocycles. The summed E-state index contributed by atoms with van der Waals surface area (Å²) in [6, 6.07) is 13.0. The second-order valence-corrected chi connectivity index (χ2v) is 6.64. The molecule has 2 N–H and O–H groups in total. The molecule has 0 aliphatic rings. The van der Waals surface area contributed by atoms with E-state index >= 15 is 0 Å². The first-order valence-corrected chi connectivity index (χ1v) is 8.64. The predicted molar refractivity (Wildman–Crippen MR) is 101 cm³/mol. The van der Waals surface area contributed by atoms with E-state index in [-0.39, 0.29) is 12.5 Å². The van der Waals surface area contributed by atoms with Crippen LogP contribution in [0.5, 0.6) is 5.75 Å². The van der Waals surface area contributed by atoms with E-state index in [0.29, 0.717) is 15.8 Å². The Morgan fingerprint density at radius 1 is 1.32 bits per heavy atom. The molecule has 3 rings (SSSR count). The summed E-state index contributed by atoms with van der Waals surface area (Å²) in [6.45, 7) is 0.122. The van der Waals surface area contributed by atoms with Gasteiger partial charge in [0.25, 0.3) is 5.91 Å². The Morgan fingerprint density at radius 3 is 2.84 bits per heavy atom. The molecule has 1 heterocycles. The summed E-state index contributed by atoms with van der Waals surface area (Å²) < 4.78 is 7.79. The number of para-hydroxylation sites is 1. The number of nitrogens with one attached hydrogen (secondary N) is 1. The molecule has 5 nitrogen and oxygen atoms in total. The lowest BCUT2D eigenvalue weighted by atomic mass is 10.1. The van der Waals surface area contributed by atoms with Crippen molar-refractivity contribution in [3.8, 4) is 5.75 Å². The van der Waals surface area contributed by atoms with Crippen LogP contribution in [-0.2, 0) is 7.05 Å². The van der Waals surface area contributed by atoms with E-state index in [1.807, 2.05) is 42.1 Å². The molecule has 1 amide bonds. The number of aliphatic hydroxyl groups is 1. The van der Waals surface area contributed by atoms with E-state index in [4.69, 9.17) is 4.74 Å². The first kappa shape index (κ1) is 17.5. The first-order chi connectivity index (χ1) is 12.0. The van der Waals surface area contributed by atoms with Gasteiger partial charge in [-0.1, -0.05) is 18.2 Å². The zero-order valence-corrected chi connectivity index (χ0v) is 15.6. The monoisotopic (exact) mass is 402 g/mol. The topological polar surface area (TPSA) is 63.5 Å². The molecule has 25 heavy (non-hydrogen) atoms. The summed E-state index contributed by atoms with van der Waals surface area (Å²) in [6.07, 6.45) is 1.10. The van der Waals surface area contributed by atoms with Crippen LogP contribution in [0, 0.1) is 0 Å². The van der Waals surface area contributed by atoms with E-state index in [1.165, 1.54) is 0 Å². The molecule has 1 aromatic heterocycles. The third-order valence-corrected chi connectivity index (χ3v) is 4.85. The van der Waals surface area contributed by atoms with Crippen molar-refractivity contribution >= 4 is 32.7 Å². The van der Waals surface area contributed by atoms with Gasteiger partial charge in [0.1, 0.15) is 5.75 Å². The SMILES string of the molecule is COc1ccc(Br)c(C(=O)NCC(O)c2cn(C)c3ccccc23)c1. The Balaban J connectivity index is 1.75. The molecule has 0 spiro atoms. The number of aromatic nitrogens is 1. The highest BCUT2D eigenvalue weighted by Gasteiger charge is 2.17. The van der Waals surface area contributed by atoms with Crippen molar-refractivity contribution in [1.82, 2.24) is 9.88 Å². The molecule has 0 radical (unpaired) electrons. The molecule has 0 aliphatic heterocycles. The van der Waals surface area contributed by atoms with Crippen molar-refractivity contribution < 1.29 is 14.6 Å². The van der Waals surface area contributed by atoms with E-state index in [1.54, 1.807) is 25.3 Å². The van der Waals surface area contributed by atoms with Crippen molar-refractivity contribution in [2.45, 2.75) is 6.10 Å². The number of fused-ring (bicyclic) bond motifs is 1. The van der Waals surface area contributed by atoms with Crippen molar-refractivity contribution in [2.24, 2.45) is 7.05 Å². The Hall–Kier alpha value is -2.31. The average Bonchev–Trinajstić information content (AvgIpc) is 2.97. The van der Waals surface area contributed by atoms with Gasteiger partial charge in [-0.25, -0.2) is 0 Å². The van der Waals surface area contributed by atoms with Crippen molar-refractivity contribution in [3.05, 3.63) is 64.3 Å².